The SMILES string of the molecule is c1ccc(-c2ccc(-n3c4ccccc4c4ccc(-c5ccc6c(c5)C5(c7ccccc7-6)C6CC7CC(C6)CC5C7)cc43)cn2)cc1. The van der Waals surface area contributed by atoms with Crippen molar-refractivity contribution in [3.8, 4) is 39.2 Å². The zero-order valence-electron chi connectivity index (χ0n) is 26.4. The lowest BCUT2D eigenvalue weighted by atomic mass is 9.43. The van der Waals surface area contributed by atoms with E-state index in [2.05, 4.69) is 132 Å². The minimum Gasteiger partial charge on any atom is -0.308 e. The smallest absolute Gasteiger partial charge is 0.0703 e. The van der Waals surface area contributed by atoms with E-state index in [1.807, 2.05) is 6.20 Å². The second-order valence-corrected chi connectivity index (χ2v) is 14.8. The molecule has 2 heteroatoms. The standard InChI is InChI=1S/C45H36N2/c1-2-8-30(9-3-1)42-19-16-35(27-46-42)47-43-13-7-5-11-38(43)39-18-15-32(26-44(39)47)31-14-17-37-36-10-4-6-12-40(36)45(41(37)25-31)33-21-28-20-29(23-33)24-34(45)22-28/h1-19,25-29,33-34H,20-24H2. The highest BCUT2D eigenvalue weighted by Crippen LogP contribution is 2.69. The van der Waals surface area contributed by atoms with Gasteiger partial charge in [-0.15, -0.1) is 0 Å². The van der Waals surface area contributed by atoms with E-state index in [-0.39, 0.29) is 5.41 Å². The molecule has 5 aliphatic carbocycles. The van der Waals surface area contributed by atoms with Crippen LogP contribution in [-0.2, 0) is 5.41 Å². The minimum atomic E-state index is 0.181. The molecular weight excluding hydrogens is 569 g/mol. The van der Waals surface area contributed by atoms with E-state index < -0.39 is 0 Å². The second kappa shape index (κ2) is 9.55. The zero-order chi connectivity index (χ0) is 30.7. The van der Waals surface area contributed by atoms with Crippen LogP contribution in [0.1, 0.15) is 43.2 Å². The quantitative estimate of drug-likeness (QED) is 0.196. The number of benzene rings is 5. The Morgan fingerprint density at radius 3 is 2.00 bits per heavy atom. The second-order valence-electron chi connectivity index (χ2n) is 14.8. The van der Waals surface area contributed by atoms with Gasteiger partial charge in [0.25, 0.3) is 0 Å². The molecule has 47 heavy (non-hydrogen) atoms. The van der Waals surface area contributed by atoms with Crippen molar-refractivity contribution in [3.05, 3.63) is 145 Å². The number of pyridine rings is 1. The van der Waals surface area contributed by atoms with Crippen LogP contribution in [0.25, 0.3) is 61.0 Å². The van der Waals surface area contributed by atoms with Crippen molar-refractivity contribution in [2.75, 3.05) is 0 Å². The van der Waals surface area contributed by atoms with Crippen molar-refractivity contribution < 1.29 is 0 Å². The molecule has 0 radical (unpaired) electrons. The van der Waals surface area contributed by atoms with Crippen LogP contribution in [0.4, 0.5) is 0 Å². The molecule has 2 heterocycles. The third-order valence-corrected chi connectivity index (χ3v) is 12.6. The largest absolute Gasteiger partial charge is 0.308 e. The molecule has 5 aromatic carbocycles. The molecule has 7 aromatic rings. The van der Waals surface area contributed by atoms with E-state index in [1.54, 1.807) is 11.1 Å². The monoisotopic (exact) mass is 604 g/mol. The highest BCUT2D eigenvalue weighted by Gasteiger charge is 2.61. The van der Waals surface area contributed by atoms with E-state index in [0.717, 1.165) is 40.6 Å². The summed E-state index contributed by atoms with van der Waals surface area (Å²) in [6, 6.07) is 47.6. The topological polar surface area (TPSA) is 17.8 Å². The number of rotatable bonds is 3. The third-order valence-electron chi connectivity index (χ3n) is 12.6. The Kier molecular flexibility index (Phi) is 5.31. The fraction of sp³-hybridized carbons (Fsp3) is 0.222. The molecule has 0 saturated heterocycles. The maximum Gasteiger partial charge on any atom is 0.0703 e. The van der Waals surface area contributed by atoms with E-state index in [4.69, 9.17) is 4.98 Å². The molecule has 226 valence electrons. The predicted molar refractivity (Wildman–Crippen MR) is 193 cm³/mol. The first-order valence-corrected chi connectivity index (χ1v) is 17.6. The van der Waals surface area contributed by atoms with Gasteiger partial charge >= 0.3 is 0 Å². The molecule has 2 aromatic heterocycles. The summed E-state index contributed by atoms with van der Waals surface area (Å²) >= 11 is 0. The summed E-state index contributed by atoms with van der Waals surface area (Å²) in [4.78, 5) is 4.92. The number of hydrogen-bond acceptors (Lipinski definition) is 1. The van der Waals surface area contributed by atoms with Gasteiger partial charge in [0.1, 0.15) is 0 Å². The Morgan fingerprint density at radius 1 is 0.511 bits per heavy atom. The Hall–Kier alpha value is -4.95. The molecular formula is C45H36N2. The molecule has 1 spiro atoms. The van der Waals surface area contributed by atoms with Gasteiger partial charge in [-0.1, -0.05) is 97.1 Å². The normalized spacial score (nSPS) is 25.1. The molecule has 5 aliphatic rings. The molecule has 0 atom stereocenters. The van der Waals surface area contributed by atoms with Gasteiger partial charge in [0.05, 0.1) is 28.6 Å². The zero-order valence-corrected chi connectivity index (χ0v) is 26.4. The molecule has 0 unspecified atom stereocenters. The average Bonchev–Trinajstić information content (AvgIpc) is 3.61. The lowest BCUT2D eigenvalue weighted by Crippen LogP contribution is -2.55. The van der Waals surface area contributed by atoms with Crippen LogP contribution in [0.15, 0.2) is 134 Å². The number of fused-ring (bicyclic) bond motifs is 6. The molecule has 4 bridgehead atoms. The van der Waals surface area contributed by atoms with Gasteiger partial charge in [0.2, 0.25) is 0 Å². The molecule has 0 N–H and O–H groups in total. The van der Waals surface area contributed by atoms with Crippen molar-refractivity contribution in [2.45, 2.75) is 37.5 Å². The number of para-hydroxylation sites is 1. The maximum absolute atomic E-state index is 4.92. The minimum absolute atomic E-state index is 0.181. The van der Waals surface area contributed by atoms with E-state index in [0.29, 0.717) is 0 Å². The van der Waals surface area contributed by atoms with Crippen LogP contribution >= 0.6 is 0 Å². The number of nitrogens with zero attached hydrogens (tertiary/aromatic N) is 2. The Morgan fingerprint density at radius 2 is 1.19 bits per heavy atom. The Bertz CT molecular complexity index is 2330. The molecule has 4 saturated carbocycles. The molecule has 2 nitrogen and oxygen atoms in total. The van der Waals surface area contributed by atoms with Gasteiger partial charge < -0.3 is 4.57 Å². The molecule has 0 aliphatic heterocycles. The lowest BCUT2D eigenvalue weighted by Gasteiger charge is -2.61. The van der Waals surface area contributed by atoms with E-state index >= 15 is 0 Å². The average molecular weight is 605 g/mol. The molecule has 4 fully saturated rings. The summed E-state index contributed by atoms with van der Waals surface area (Å²) in [5.74, 6) is 3.44. The predicted octanol–water partition coefficient (Wildman–Crippen LogP) is 11.2. The number of hydrogen-bond donors (Lipinski definition) is 0. The lowest BCUT2D eigenvalue weighted by molar-refractivity contribution is -0.0399. The first-order chi connectivity index (χ1) is 23.3. The third kappa shape index (κ3) is 3.54. The number of aromatic nitrogens is 2. The summed E-state index contributed by atoms with van der Waals surface area (Å²) in [5.41, 5.74) is 14.7. The van der Waals surface area contributed by atoms with Crippen LogP contribution in [-0.4, -0.2) is 9.55 Å². The maximum atomic E-state index is 4.92. The molecule has 12 rings (SSSR count). The fourth-order valence-electron chi connectivity index (χ4n) is 11.1. The summed E-state index contributed by atoms with van der Waals surface area (Å²) in [6.45, 7) is 0. The summed E-state index contributed by atoms with van der Waals surface area (Å²) < 4.78 is 2.40. The van der Waals surface area contributed by atoms with Crippen molar-refractivity contribution in [1.29, 1.82) is 0 Å². The highest BCUT2D eigenvalue weighted by molar-refractivity contribution is 6.10. The van der Waals surface area contributed by atoms with E-state index in [9.17, 15) is 0 Å². The van der Waals surface area contributed by atoms with Gasteiger partial charge in [-0.3, -0.25) is 4.98 Å². The van der Waals surface area contributed by atoms with Gasteiger partial charge in [-0.2, -0.15) is 0 Å². The van der Waals surface area contributed by atoms with Gasteiger partial charge in [-0.05, 0) is 119 Å². The Labute approximate surface area is 275 Å². The fourth-order valence-corrected chi connectivity index (χ4v) is 11.1. The molecule has 0 amide bonds. The Balaban J connectivity index is 1.08. The van der Waals surface area contributed by atoms with Crippen molar-refractivity contribution in [2.24, 2.45) is 23.7 Å². The van der Waals surface area contributed by atoms with Crippen molar-refractivity contribution in [3.63, 3.8) is 0 Å². The van der Waals surface area contributed by atoms with Crippen molar-refractivity contribution >= 4 is 21.8 Å². The first-order valence-electron chi connectivity index (χ1n) is 17.6. The van der Waals surface area contributed by atoms with Crippen LogP contribution in [0.5, 0.6) is 0 Å². The van der Waals surface area contributed by atoms with Crippen LogP contribution < -0.4 is 0 Å². The van der Waals surface area contributed by atoms with Gasteiger partial charge in [0, 0.05) is 21.8 Å². The van der Waals surface area contributed by atoms with Crippen LogP contribution in [0.3, 0.4) is 0 Å². The van der Waals surface area contributed by atoms with E-state index in [1.165, 1.54) is 76.2 Å². The summed E-state index contributed by atoms with van der Waals surface area (Å²) in [7, 11) is 0. The summed E-state index contributed by atoms with van der Waals surface area (Å²) in [6.07, 6.45) is 9.16. The first kappa shape index (κ1) is 26.2. The van der Waals surface area contributed by atoms with Gasteiger partial charge in [-0.25, -0.2) is 0 Å². The summed E-state index contributed by atoms with van der Waals surface area (Å²) in [5, 5.41) is 2.56. The van der Waals surface area contributed by atoms with Gasteiger partial charge in [0.15, 0.2) is 0 Å². The highest BCUT2D eigenvalue weighted by atomic mass is 15.0. The van der Waals surface area contributed by atoms with Crippen molar-refractivity contribution in [1.82, 2.24) is 9.55 Å². The van der Waals surface area contributed by atoms with Crippen LogP contribution in [0.2, 0.25) is 0 Å². The van der Waals surface area contributed by atoms with Crippen LogP contribution in [0, 0.1) is 23.7 Å².